The lowest BCUT2D eigenvalue weighted by atomic mass is 9.93. The number of aryl methyl sites for hydroxylation is 1. The van der Waals surface area contributed by atoms with Crippen molar-refractivity contribution in [1.29, 1.82) is 0 Å². The zero-order valence-corrected chi connectivity index (χ0v) is 18.1. The van der Waals surface area contributed by atoms with Crippen molar-refractivity contribution in [2.45, 2.75) is 18.5 Å². The van der Waals surface area contributed by atoms with Gasteiger partial charge in [-0.2, -0.15) is 0 Å². The number of benzene rings is 2. The third kappa shape index (κ3) is 3.72. The molecule has 0 radical (unpaired) electrons. The van der Waals surface area contributed by atoms with Crippen LogP contribution in [0.25, 0.3) is 10.9 Å². The Bertz CT molecular complexity index is 995. The van der Waals surface area contributed by atoms with Crippen molar-refractivity contribution in [2.75, 3.05) is 41.4 Å². The number of ether oxygens (including phenoxy) is 2. The molecule has 0 spiro atoms. The van der Waals surface area contributed by atoms with Crippen LogP contribution < -0.4 is 9.47 Å². The van der Waals surface area contributed by atoms with E-state index in [-0.39, 0.29) is 0 Å². The minimum Gasteiger partial charge on any atom is -0.493 e. The highest BCUT2D eigenvalue weighted by molar-refractivity contribution is 5.84. The Balaban J connectivity index is 1.60. The molecule has 1 fully saturated rings. The standard InChI is InChI=1S/C24H31N3O2/c1-25(2)22-16-27(13-17-10-11-23(28-4)24(12-17)29-5)15-20(22)19-14-26(3)21-9-7-6-8-18(19)21/h6-12,14,20,22H,13,15-16H2,1-5H3. The zero-order chi connectivity index (χ0) is 20.5. The quantitative estimate of drug-likeness (QED) is 0.638. The lowest BCUT2D eigenvalue weighted by Gasteiger charge is -2.25. The van der Waals surface area contributed by atoms with E-state index in [1.165, 1.54) is 22.0 Å². The second kappa shape index (κ2) is 8.09. The summed E-state index contributed by atoms with van der Waals surface area (Å²) in [5, 5.41) is 1.37. The number of nitrogens with zero attached hydrogens (tertiary/aromatic N) is 3. The molecule has 1 aliphatic rings. The van der Waals surface area contributed by atoms with Crippen molar-refractivity contribution in [1.82, 2.24) is 14.4 Å². The molecule has 5 nitrogen and oxygen atoms in total. The number of fused-ring (bicyclic) bond motifs is 1. The number of para-hydroxylation sites is 1. The molecular weight excluding hydrogens is 362 g/mol. The minimum absolute atomic E-state index is 0.483. The fraction of sp³-hybridized carbons (Fsp3) is 0.417. The molecule has 0 bridgehead atoms. The number of hydrogen-bond donors (Lipinski definition) is 0. The van der Waals surface area contributed by atoms with Gasteiger partial charge in [0.1, 0.15) is 0 Å². The van der Waals surface area contributed by atoms with E-state index in [1.807, 2.05) is 6.07 Å². The maximum absolute atomic E-state index is 5.49. The third-order valence-electron chi connectivity index (χ3n) is 6.21. The highest BCUT2D eigenvalue weighted by atomic mass is 16.5. The molecule has 0 aliphatic carbocycles. The molecule has 0 saturated carbocycles. The fourth-order valence-electron chi connectivity index (χ4n) is 4.73. The van der Waals surface area contributed by atoms with E-state index < -0.39 is 0 Å². The Morgan fingerprint density at radius 2 is 1.76 bits per heavy atom. The summed E-state index contributed by atoms with van der Waals surface area (Å²) in [6, 6.07) is 15.4. The molecule has 154 valence electrons. The average molecular weight is 394 g/mol. The number of methoxy groups -OCH3 is 2. The lowest BCUT2D eigenvalue weighted by molar-refractivity contribution is 0.259. The molecule has 0 N–H and O–H groups in total. The van der Waals surface area contributed by atoms with Gasteiger partial charge in [0.15, 0.2) is 11.5 Å². The van der Waals surface area contributed by atoms with Crippen molar-refractivity contribution >= 4 is 10.9 Å². The van der Waals surface area contributed by atoms with Crippen molar-refractivity contribution in [3.8, 4) is 11.5 Å². The Kier molecular flexibility index (Phi) is 5.52. The van der Waals surface area contributed by atoms with Crippen LogP contribution in [0, 0.1) is 0 Å². The van der Waals surface area contributed by atoms with E-state index >= 15 is 0 Å². The van der Waals surface area contributed by atoms with E-state index in [1.54, 1.807) is 14.2 Å². The predicted octanol–water partition coefficient (Wildman–Crippen LogP) is 3.73. The van der Waals surface area contributed by atoms with Gasteiger partial charge >= 0.3 is 0 Å². The van der Waals surface area contributed by atoms with Gasteiger partial charge in [-0.3, -0.25) is 4.90 Å². The number of likely N-dealkylation sites (tertiary alicyclic amines) is 1. The van der Waals surface area contributed by atoms with Gasteiger partial charge in [-0.1, -0.05) is 24.3 Å². The fourth-order valence-corrected chi connectivity index (χ4v) is 4.73. The van der Waals surface area contributed by atoms with Crippen LogP contribution in [-0.2, 0) is 13.6 Å². The monoisotopic (exact) mass is 393 g/mol. The first-order chi connectivity index (χ1) is 14.0. The van der Waals surface area contributed by atoms with Crippen molar-refractivity contribution in [2.24, 2.45) is 7.05 Å². The van der Waals surface area contributed by atoms with Gasteiger partial charge in [0.05, 0.1) is 14.2 Å². The van der Waals surface area contributed by atoms with E-state index in [2.05, 4.69) is 78.1 Å². The summed E-state index contributed by atoms with van der Waals surface area (Å²) in [5.41, 5.74) is 4.01. The second-order valence-corrected chi connectivity index (χ2v) is 8.23. The van der Waals surface area contributed by atoms with E-state index in [0.29, 0.717) is 12.0 Å². The van der Waals surface area contributed by atoms with Crippen LogP contribution in [0.4, 0.5) is 0 Å². The van der Waals surface area contributed by atoms with Crippen LogP contribution in [0.5, 0.6) is 11.5 Å². The van der Waals surface area contributed by atoms with Gasteiger partial charge in [0.25, 0.3) is 0 Å². The first-order valence-corrected chi connectivity index (χ1v) is 10.2. The number of rotatable bonds is 6. The molecule has 1 aromatic heterocycles. The minimum atomic E-state index is 0.483. The highest BCUT2D eigenvalue weighted by Crippen LogP contribution is 2.36. The van der Waals surface area contributed by atoms with Gasteiger partial charge in [0.2, 0.25) is 0 Å². The second-order valence-electron chi connectivity index (χ2n) is 8.23. The molecule has 3 aromatic rings. The molecule has 1 saturated heterocycles. The predicted molar refractivity (Wildman–Crippen MR) is 118 cm³/mol. The molecule has 2 unspecified atom stereocenters. The molecule has 2 heterocycles. The summed E-state index contributed by atoms with van der Waals surface area (Å²) in [6.45, 7) is 3.01. The molecular formula is C24H31N3O2. The Morgan fingerprint density at radius 1 is 1.00 bits per heavy atom. The maximum Gasteiger partial charge on any atom is 0.161 e. The summed E-state index contributed by atoms with van der Waals surface area (Å²) < 4.78 is 13.1. The number of aromatic nitrogens is 1. The van der Waals surface area contributed by atoms with Crippen LogP contribution in [0.3, 0.4) is 0 Å². The van der Waals surface area contributed by atoms with Crippen LogP contribution in [0.1, 0.15) is 17.0 Å². The molecule has 1 aliphatic heterocycles. The summed E-state index contributed by atoms with van der Waals surface area (Å²) in [7, 11) is 9.91. The normalized spacial score (nSPS) is 19.9. The van der Waals surface area contributed by atoms with Crippen LogP contribution in [0.2, 0.25) is 0 Å². The Labute approximate surface area is 173 Å². The summed E-state index contributed by atoms with van der Waals surface area (Å²) in [4.78, 5) is 4.93. The molecule has 4 rings (SSSR count). The van der Waals surface area contributed by atoms with Gasteiger partial charge in [-0.05, 0) is 43.4 Å². The summed E-state index contributed by atoms with van der Waals surface area (Å²) >= 11 is 0. The molecule has 2 atom stereocenters. The van der Waals surface area contributed by atoms with Crippen LogP contribution in [0.15, 0.2) is 48.7 Å². The smallest absolute Gasteiger partial charge is 0.161 e. The third-order valence-corrected chi connectivity index (χ3v) is 6.21. The van der Waals surface area contributed by atoms with Crippen LogP contribution >= 0.6 is 0 Å². The van der Waals surface area contributed by atoms with Crippen molar-refractivity contribution < 1.29 is 9.47 Å². The summed E-state index contributed by atoms with van der Waals surface area (Å²) in [5.74, 6) is 2.05. The molecule has 2 aromatic carbocycles. The highest BCUT2D eigenvalue weighted by Gasteiger charge is 2.36. The lowest BCUT2D eigenvalue weighted by Crippen LogP contribution is -2.34. The molecule has 29 heavy (non-hydrogen) atoms. The summed E-state index contributed by atoms with van der Waals surface area (Å²) in [6.07, 6.45) is 2.33. The average Bonchev–Trinajstić information content (AvgIpc) is 3.29. The van der Waals surface area contributed by atoms with Crippen LogP contribution in [-0.4, -0.2) is 61.8 Å². The topological polar surface area (TPSA) is 29.9 Å². The van der Waals surface area contributed by atoms with Gasteiger partial charge in [0, 0.05) is 55.7 Å². The van der Waals surface area contributed by atoms with E-state index in [0.717, 1.165) is 31.1 Å². The van der Waals surface area contributed by atoms with Crippen molar-refractivity contribution in [3.63, 3.8) is 0 Å². The first-order valence-electron chi connectivity index (χ1n) is 10.2. The Hall–Kier alpha value is -2.50. The van der Waals surface area contributed by atoms with Gasteiger partial charge in [-0.25, -0.2) is 0 Å². The number of hydrogen-bond acceptors (Lipinski definition) is 4. The molecule has 0 amide bonds. The van der Waals surface area contributed by atoms with E-state index in [9.17, 15) is 0 Å². The maximum atomic E-state index is 5.49. The van der Waals surface area contributed by atoms with Crippen molar-refractivity contribution in [3.05, 3.63) is 59.8 Å². The Morgan fingerprint density at radius 3 is 2.48 bits per heavy atom. The van der Waals surface area contributed by atoms with Gasteiger partial charge < -0.3 is 18.9 Å². The van der Waals surface area contributed by atoms with E-state index in [4.69, 9.17) is 9.47 Å². The number of likely N-dealkylation sites (N-methyl/N-ethyl adjacent to an activating group) is 1. The molecule has 5 heteroatoms. The van der Waals surface area contributed by atoms with Gasteiger partial charge in [-0.15, -0.1) is 0 Å². The zero-order valence-electron chi connectivity index (χ0n) is 18.1. The SMILES string of the molecule is COc1ccc(CN2CC(c3cn(C)c4ccccc34)C(N(C)C)C2)cc1OC. The largest absolute Gasteiger partial charge is 0.493 e. The first kappa shape index (κ1) is 19.8.